The van der Waals surface area contributed by atoms with Gasteiger partial charge >= 0.3 is 5.97 Å². The molecule has 2 atom stereocenters. The predicted molar refractivity (Wildman–Crippen MR) is 101 cm³/mol. The van der Waals surface area contributed by atoms with Crippen LogP contribution in [0.3, 0.4) is 0 Å². The summed E-state index contributed by atoms with van der Waals surface area (Å²) < 4.78 is 1.70. The molecule has 2 aliphatic rings. The molecule has 2 amide bonds. The lowest BCUT2D eigenvalue weighted by atomic mass is 9.81. The molecule has 2 aromatic rings. The zero-order valence-electron chi connectivity index (χ0n) is 14.0. The van der Waals surface area contributed by atoms with Gasteiger partial charge in [-0.25, -0.2) is 4.98 Å². The van der Waals surface area contributed by atoms with Crippen LogP contribution in [-0.4, -0.2) is 33.6 Å². The first-order valence-electron chi connectivity index (χ1n) is 8.67. The maximum absolute atomic E-state index is 12.7. The van der Waals surface area contributed by atoms with Gasteiger partial charge in [0.05, 0.1) is 34.2 Å². The lowest BCUT2D eigenvalue weighted by Gasteiger charge is -2.19. The fourth-order valence-corrected chi connectivity index (χ4v) is 5.83. The van der Waals surface area contributed by atoms with E-state index in [2.05, 4.69) is 4.98 Å². The highest BCUT2D eigenvalue weighted by atomic mass is 32.2. The Hall–Kier alpha value is -1.93. The molecule has 2 heterocycles. The van der Waals surface area contributed by atoms with Gasteiger partial charge in [0.2, 0.25) is 11.8 Å². The molecule has 26 heavy (non-hydrogen) atoms. The van der Waals surface area contributed by atoms with E-state index in [1.165, 1.54) is 28.0 Å². The van der Waals surface area contributed by atoms with E-state index in [0.717, 1.165) is 40.2 Å². The summed E-state index contributed by atoms with van der Waals surface area (Å²) in [6.07, 6.45) is 3.72. The number of hydrogen-bond donors (Lipinski definition) is 1. The number of fused-ring (bicyclic) bond motifs is 2. The fraction of sp³-hybridized carbons (Fsp3) is 0.444. The molecule has 1 saturated heterocycles. The topological polar surface area (TPSA) is 87.6 Å². The van der Waals surface area contributed by atoms with Crippen molar-refractivity contribution >= 4 is 56.8 Å². The van der Waals surface area contributed by atoms with E-state index in [0.29, 0.717) is 11.4 Å². The van der Waals surface area contributed by atoms with Crippen LogP contribution in [0, 0.1) is 11.8 Å². The highest BCUT2D eigenvalue weighted by Crippen LogP contribution is 2.41. The van der Waals surface area contributed by atoms with Gasteiger partial charge in [0.15, 0.2) is 4.34 Å². The number of rotatable bonds is 5. The molecule has 1 aliphatic heterocycles. The number of carboxylic acid groups (broad SMARTS) is 1. The number of nitrogens with zero attached hydrogens (tertiary/aromatic N) is 2. The number of amides is 2. The van der Waals surface area contributed by atoms with Crippen LogP contribution in [-0.2, 0) is 14.4 Å². The van der Waals surface area contributed by atoms with Crippen molar-refractivity contribution in [3.05, 3.63) is 18.2 Å². The minimum Gasteiger partial charge on any atom is -0.481 e. The Labute approximate surface area is 158 Å². The number of aliphatic carboxylic acids is 1. The Morgan fingerprint density at radius 3 is 2.58 bits per heavy atom. The van der Waals surface area contributed by atoms with E-state index in [1.807, 2.05) is 12.1 Å². The second kappa shape index (κ2) is 7.00. The second-order valence-electron chi connectivity index (χ2n) is 6.63. The maximum Gasteiger partial charge on any atom is 0.304 e. The van der Waals surface area contributed by atoms with Crippen molar-refractivity contribution < 1.29 is 19.5 Å². The Morgan fingerprint density at radius 1 is 1.23 bits per heavy atom. The highest BCUT2D eigenvalue weighted by Gasteiger charge is 2.48. The van der Waals surface area contributed by atoms with Crippen LogP contribution in [0.25, 0.3) is 10.2 Å². The quantitative estimate of drug-likeness (QED) is 0.621. The van der Waals surface area contributed by atoms with Gasteiger partial charge in [0.25, 0.3) is 0 Å². The van der Waals surface area contributed by atoms with Gasteiger partial charge in [-0.1, -0.05) is 24.6 Å². The fourth-order valence-electron chi connectivity index (χ4n) is 3.74. The minimum atomic E-state index is -0.826. The molecular weight excluding hydrogens is 372 g/mol. The first kappa shape index (κ1) is 17.5. The van der Waals surface area contributed by atoms with E-state index in [4.69, 9.17) is 5.11 Å². The molecule has 1 aromatic heterocycles. The molecule has 4 rings (SSSR count). The number of aromatic nitrogens is 1. The average molecular weight is 390 g/mol. The summed E-state index contributed by atoms with van der Waals surface area (Å²) >= 11 is 2.87. The zero-order chi connectivity index (χ0) is 18.3. The zero-order valence-corrected chi connectivity index (χ0v) is 15.6. The minimum absolute atomic E-state index is 0.0698. The molecule has 0 bridgehead atoms. The average Bonchev–Trinajstić information content (AvgIpc) is 3.13. The molecule has 1 aromatic carbocycles. The number of hydrogen-bond acceptors (Lipinski definition) is 6. The Kier molecular flexibility index (Phi) is 4.71. The number of anilines is 1. The van der Waals surface area contributed by atoms with Crippen LogP contribution in [0.4, 0.5) is 5.69 Å². The van der Waals surface area contributed by atoms with Crippen LogP contribution in [0.1, 0.15) is 32.1 Å². The Balaban J connectivity index is 1.58. The summed E-state index contributed by atoms with van der Waals surface area (Å²) in [6, 6.07) is 5.45. The molecule has 1 aliphatic carbocycles. The van der Waals surface area contributed by atoms with E-state index in [9.17, 15) is 14.4 Å². The van der Waals surface area contributed by atoms with Crippen LogP contribution in [0.15, 0.2) is 22.5 Å². The predicted octanol–water partition coefficient (Wildman–Crippen LogP) is 3.54. The number of carboxylic acids is 1. The van der Waals surface area contributed by atoms with Crippen molar-refractivity contribution in [2.45, 2.75) is 36.4 Å². The first-order chi connectivity index (χ1) is 12.5. The molecule has 136 valence electrons. The number of thiazole rings is 1. The van der Waals surface area contributed by atoms with Gasteiger partial charge in [0.1, 0.15) is 0 Å². The van der Waals surface area contributed by atoms with Crippen molar-refractivity contribution in [1.82, 2.24) is 4.98 Å². The third-order valence-corrected chi connectivity index (χ3v) is 7.16. The van der Waals surface area contributed by atoms with Crippen molar-refractivity contribution in [3.8, 4) is 0 Å². The van der Waals surface area contributed by atoms with Crippen LogP contribution in [0.5, 0.6) is 0 Å². The van der Waals surface area contributed by atoms with Gasteiger partial charge in [0, 0.05) is 5.75 Å². The monoisotopic (exact) mass is 390 g/mol. The SMILES string of the molecule is O=C(O)CCSc1nc2ccc(N3C(=O)[C@H]4CCCC[C@H]4C3=O)cc2s1. The Bertz CT molecular complexity index is 870. The molecule has 2 fully saturated rings. The third kappa shape index (κ3) is 3.12. The molecular formula is C18H18N2O4S2. The Morgan fingerprint density at radius 2 is 1.92 bits per heavy atom. The van der Waals surface area contributed by atoms with E-state index < -0.39 is 5.97 Å². The van der Waals surface area contributed by atoms with Gasteiger partial charge in [-0.05, 0) is 31.0 Å². The molecule has 0 spiro atoms. The molecule has 8 heteroatoms. The molecule has 0 radical (unpaired) electrons. The molecule has 1 saturated carbocycles. The lowest BCUT2D eigenvalue weighted by molar-refractivity contribution is -0.136. The van der Waals surface area contributed by atoms with Gasteiger partial charge in [-0.3, -0.25) is 19.3 Å². The van der Waals surface area contributed by atoms with E-state index in [1.54, 1.807) is 6.07 Å². The number of benzene rings is 1. The largest absolute Gasteiger partial charge is 0.481 e. The maximum atomic E-state index is 12.7. The summed E-state index contributed by atoms with van der Waals surface area (Å²) in [4.78, 5) is 41.9. The third-order valence-electron chi connectivity index (χ3n) is 4.99. The normalized spacial score (nSPS) is 22.8. The van der Waals surface area contributed by atoms with E-state index in [-0.39, 0.29) is 30.1 Å². The lowest BCUT2D eigenvalue weighted by Crippen LogP contribution is -2.30. The number of thioether (sulfide) groups is 1. The van der Waals surface area contributed by atoms with Crippen LogP contribution >= 0.6 is 23.1 Å². The summed E-state index contributed by atoms with van der Waals surface area (Å²) in [5.74, 6) is -0.812. The number of carbonyl (C=O) groups excluding carboxylic acids is 2. The summed E-state index contributed by atoms with van der Waals surface area (Å²) in [5, 5.41) is 8.73. The van der Waals surface area contributed by atoms with Crippen molar-refractivity contribution in [3.63, 3.8) is 0 Å². The number of carbonyl (C=O) groups is 3. The van der Waals surface area contributed by atoms with Crippen molar-refractivity contribution in [2.75, 3.05) is 10.7 Å². The molecule has 1 N–H and O–H groups in total. The number of imide groups is 1. The second-order valence-corrected chi connectivity index (χ2v) is 9.01. The van der Waals surface area contributed by atoms with Gasteiger partial charge in [-0.2, -0.15) is 0 Å². The summed E-state index contributed by atoms with van der Waals surface area (Å²) in [7, 11) is 0. The first-order valence-corrected chi connectivity index (χ1v) is 10.5. The van der Waals surface area contributed by atoms with Gasteiger partial charge < -0.3 is 5.11 Å². The summed E-state index contributed by atoms with van der Waals surface area (Å²) in [6.45, 7) is 0. The standard InChI is InChI=1S/C18H18N2O4S2/c21-15(22)7-8-25-18-19-13-6-5-10(9-14(13)26-18)20-16(23)11-3-1-2-4-12(11)17(20)24/h5-6,9,11-12H,1-4,7-8H2,(H,21,22)/t11-,12+. The van der Waals surface area contributed by atoms with E-state index >= 15 is 0 Å². The highest BCUT2D eigenvalue weighted by molar-refractivity contribution is 8.01. The molecule has 6 nitrogen and oxygen atoms in total. The van der Waals surface area contributed by atoms with Gasteiger partial charge in [-0.15, -0.1) is 11.3 Å². The smallest absolute Gasteiger partial charge is 0.304 e. The molecule has 0 unspecified atom stereocenters. The van der Waals surface area contributed by atoms with Crippen LogP contribution < -0.4 is 4.90 Å². The summed E-state index contributed by atoms with van der Waals surface area (Å²) in [5.41, 5.74) is 1.42. The van der Waals surface area contributed by atoms with Crippen molar-refractivity contribution in [1.29, 1.82) is 0 Å². The van der Waals surface area contributed by atoms with Crippen molar-refractivity contribution in [2.24, 2.45) is 11.8 Å². The van der Waals surface area contributed by atoms with Crippen LogP contribution in [0.2, 0.25) is 0 Å².